The summed E-state index contributed by atoms with van der Waals surface area (Å²) in [6.07, 6.45) is 0. The Morgan fingerprint density at radius 2 is 1.58 bits per heavy atom. The number of rotatable bonds is 2. The first kappa shape index (κ1) is 17.3. The van der Waals surface area contributed by atoms with E-state index in [0.717, 1.165) is 15.8 Å². The van der Waals surface area contributed by atoms with Gasteiger partial charge in [-0.3, -0.25) is 25.2 Å². The van der Waals surface area contributed by atoms with Crippen LogP contribution in [-0.4, -0.2) is 21.6 Å². The van der Waals surface area contributed by atoms with Crippen LogP contribution < -0.4 is 16.4 Å². The van der Waals surface area contributed by atoms with Crippen LogP contribution >= 0.6 is 0 Å². The average molecular weight is 350 g/mol. The van der Waals surface area contributed by atoms with E-state index in [1.807, 2.05) is 19.9 Å². The molecule has 0 aliphatic heterocycles. The summed E-state index contributed by atoms with van der Waals surface area (Å²) in [6, 6.07) is 12.0. The van der Waals surface area contributed by atoms with Gasteiger partial charge < -0.3 is 0 Å². The van der Waals surface area contributed by atoms with E-state index >= 15 is 0 Å². The number of aryl methyl sites for hydroxylation is 3. The normalized spacial score (nSPS) is 10.6. The zero-order valence-corrected chi connectivity index (χ0v) is 14.7. The number of fused-ring (bicyclic) bond motifs is 1. The molecule has 0 bridgehead atoms. The quantitative estimate of drug-likeness (QED) is 0.687. The molecule has 0 fully saturated rings. The van der Waals surface area contributed by atoms with E-state index in [1.165, 1.54) is 7.05 Å². The lowest BCUT2D eigenvalue weighted by Crippen LogP contribution is -2.42. The zero-order chi connectivity index (χ0) is 18.8. The van der Waals surface area contributed by atoms with Crippen molar-refractivity contribution < 1.29 is 9.59 Å². The van der Waals surface area contributed by atoms with E-state index < -0.39 is 11.8 Å². The molecule has 0 saturated carbocycles. The molecular formula is C19H18N4O3. The minimum Gasteiger partial charge on any atom is -0.267 e. The third-order valence-corrected chi connectivity index (χ3v) is 4.23. The Balaban J connectivity index is 1.84. The SMILES string of the molecule is Cc1ccc(C(=O)NNC(=O)c2nn(C)c(=O)c3ccccc23)cc1C. The smallest absolute Gasteiger partial charge is 0.267 e. The molecule has 2 aromatic carbocycles. The van der Waals surface area contributed by atoms with Gasteiger partial charge in [0.2, 0.25) is 0 Å². The van der Waals surface area contributed by atoms with E-state index in [2.05, 4.69) is 16.0 Å². The summed E-state index contributed by atoms with van der Waals surface area (Å²) < 4.78 is 1.10. The second-order valence-electron chi connectivity index (χ2n) is 6.03. The molecule has 0 saturated heterocycles. The van der Waals surface area contributed by atoms with E-state index in [1.54, 1.807) is 36.4 Å². The largest absolute Gasteiger partial charge is 0.290 e. The Morgan fingerprint density at radius 1 is 0.923 bits per heavy atom. The molecule has 1 aromatic heterocycles. The molecule has 7 nitrogen and oxygen atoms in total. The predicted octanol–water partition coefficient (Wildman–Crippen LogP) is 1.63. The predicted molar refractivity (Wildman–Crippen MR) is 97.8 cm³/mol. The van der Waals surface area contributed by atoms with Crippen LogP contribution in [0.15, 0.2) is 47.3 Å². The van der Waals surface area contributed by atoms with Crippen molar-refractivity contribution in [3.63, 3.8) is 0 Å². The zero-order valence-electron chi connectivity index (χ0n) is 14.7. The molecular weight excluding hydrogens is 332 g/mol. The summed E-state index contributed by atoms with van der Waals surface area (Å²) in [5, 5.41) is 4.83. The van der Waals surface area contributed by atoms with Crippen LogP contribution in [0.4, 0.5) is 0 Å². The average Bonchev–Trinajstić information content (AvgIpc) is 2.64. The molecule has 26 heavy (non-hydrogen) atoms. The number of hydrogen-bond donors (Lipinski definition) is 2. The molecule has 0 radical (unpaired) electrons. The maximum Gasteiger partial charge on any atom is 0.290 e. The molecule has 0 aliphatic carbocycles. The van der Waals surface area contributed by atoms with E-state index in [-0.39, 0.29) is 11.3 Å². The van der Waals surface area contributed by atoms with Gasteiger partial charge in [-0.2, -0.15) is 5.10 Å². The highest BCUT2D eigenvalue weighted by molar-refractivity contribution is 6.06. The molecule has 1 heterocycles. The van der Waals surface area contributed by atoms with Gasteiger partial charge in [0.25, 0.3) is 17.4 Å². The first-order chi connectivity index (χ1) is 12.4. The van der Waals surface area contributed by atoms with Crippen LogP contribution in [0, 0.1) is 13.8 Å². The first-order valence-electron chi connectivity index (χ1n) is 8.02. The van der Waals surface area contributed by atoms with Gasteiger partial charge in [0.1, 0.15) is 0 Å². The Kier molecular flexibility index (Phi) is 4.53. The van der Waals surface area contributed by atoms with Crippen molar-refractivity contribution in [3.8, 4) is 0 Å². The molecule has 0 unspecified atom stereocenters. The van der Waals surface area contributed by atoms with Gasteiger partial charge in [-0.1, -0.05) is 24.3 Å². The highest BCUT2D eigenvalue weighted by Gasteiger charge is 2.16. The molecule has 0 atom stereocenters. The Bertz CT molecular complexity index is 1090. The van der Waals surface area contributed by atoms with Crippen molar-refractivity contribution in [1.29, 1.82) is 0 Å². The molecule has 7 heteroatoms. The van der Waals surface area contributed by atoms with Gasteiger partial charge in [-0.25, -0.2) is 4.68 Å². The van der Waals surface area contributed by atoms with Crippen molar-refractivity contribution in [2.75, 3.05) is 0 Å². The van der Waals surface area contributed by atoms with Gasteiger partial charge in [0, 0.05) is 18.0 Å². The lowest BCUT2D eigenvalue weighted by atomic mass is 10.1. The minimum atomic E-state index is -0.603. The maximum absolute atomic E-state index is 12.5. The Hall–Kier alpha value is -3.48. The fraction of sp³-hybridized carbons (Fsp3) is 0.158. The molecule has 0 spiro atoms. The molecule has 3 aromatic rings. The molecule has 132 valence electrons. The highest BCUT2D eigenvalue weighted by atomic mass is 16.2. The van der Waals surface area contributed by atoms with E-state index in [9.17, 15) is 14.4 Å². The molecule has 2 N–H and O–H groups in total. The van der Waals surface area contributed by atoms with E-state index in [0.29, 0.717) is 16.3 Å². The van der Waals surface area contributed by atoms with Gasteiger partial charge >= 0.3 is 0 Å². The molecule has 3 rings (SSSR count). The number of hydrazine groups is 1. The summed E-state index contributed by atoms with van der Waals surface area (Å²) >= 11 is 0. The number of carbonyl (C=O) groups excluding carboxylic acids is 2. The summed E-state index contributed by atoms with van der Waals surface area (Å²) in [4.78, 5) is 36.8. The first-order valence-corrected chi connectivity index (χ1v) is 8.02. The standard InChI is InChI=1S/C19H18N4O3/c1-11-8-9-13(10-12(11)2)17(24)20-21-18(25)16-14-6-4-5-7-15(14)19(26)23(3)22-16/h4-10H,1-3H3,(H,20,24)(H,21,25). The van der Waals surface area contributed by atoms with Gasteiger partial charge in [-0.15, -0.1) is 0 Å². The van der Waals surface area contributed by atoms with Crippen LogP contribution in [0.2, 0.25) is 0 Å². The monoisotopic (exact) mass is 350 g/mol. The topological polar surface area (TPSA) is 93.1 Å². The third-order valence-electron chi connectivity index (χ3n) is 4.23. The minimum absolute atomic E-state index is 0.0584. The second-order valence-corrected chi connectivity index (χ2v) is 6.03. The highest BCUT2D eigenvalue weighted by Crippen LogP contribution is 2.13. The summed E-state index contributed by atoms with van der Waals surface area (Å²) in [5.41, 5.74) is 6.99. The lowest BCUT2D eigenvalue weighted by molar-refractivity contribution is 0.0844. The summed E-state index contributed by atoms with van der Waals surface area (Å²) in [7, 11) is 1.47. The van der Waals surface area contributed by atoms with Crippen molar-refractivity contribution in [1.82, 2.24) is 20.6 Å². The lowest BCUT2D eigenvalue weighted by Gasteiger charge is -2.10. The van der Waals surface area contributed by atoms with Crippen molar-refractivity contribution in [2.24, 2.45) is 7.05 Å². The number of amides is 2. The number of carbonyl (C=O) groups is 2. The number of hydrogen-bond acceptors (Lipinski definition) is 4. The van der Waals surface area contributed by atoms with Crippen LogP contribution in [0.3, 0.4) is 0 Å². The Morgan fingerprint density at radius 3 is 2.27 bits per heavy atom. The van der Waals surface area contributed by atoms with E-state index in [4.69, 9.17) is 0 Å². The van der Waals surface area contributed by atoms with Crippen molar-refractivity contribution >= 4 is 22.6 Å². The molecule has 0 aliphatic rings. The van der Waals surface area contributed by atoms with Gasteiger partial charge in [-0.05, 0) is 43.2 Å². The summed E-state index contributed by atoms with van der Waals surface area (Å²) in [5.74, 6) is -1.04. The Labute approximate surface area is 149 Å². The van der Waals surface area contributed by atoms with Gasteiger partial charge in [0.15, 0.2) is 5.69 Å². The van der Waals surface area contributed by atoms with Crippen molar-refractivity contribution in [3.05, 3.63) is 75.2 Å². The van der Waals surface area contributed by atoms with Crippen LogP contribution in [0.5, 0.6) is 0 Å². The van der Waals surface area contributed by atoms with Crippen LogP contribution in [0.1, 0.15) is 32.0 Å². The maximum atomic E-state index is 12.5. The number of aromatic nitrogens is 2. The number of nitrogens with zero attached hydrogens (tertiary/aromatic N) is 2. The van der Waals surface area contributed by atoms with Crippen LogP contribution in [-0.2, 0) is 7.05 Å². The van der Waals surface area contributed by atoms with Crippen LogP contribution in [0.25, 0.3) is 10.8 Å². The molecule has 2 amide bonds. The number of benzene rings is 2. The fourth-order valence-corrected chi connectivity index (χ4v) is 2.59. The third kappa shape index (κ3) is 3.19. The second kappa shape index (κ2) is 6.79. The number of nitrogens with one attached hydrogen (secondary N) is 2. The summed E-state index contributed by atoms with van der Waals surface area (Å²) in [6.45, 7) is 3.86. The van der Waals surface area contributed by atoms with Crippen molar-refractivity contribution in [2.45, 2.75) is 13.8 Å². The van der Waals surface area contributed by atoms with Gasteiger partial charge in [0.05, 0.1) is 5.39 Å². The fourth-order valence-electron chi connectivity index (χ4n) is 2.59.